The molecule has 8 heteroatoms. The molecule has 0 amide bonds. The van der Waals surface area contributed by atoms with Gasteiger partial charge in [-0.25, -0.2) is 9.18 Å². The molecule has 0 aliphatic carbocycles. The van der Waals surface area contributed by atoms with Crippen LogP contribution < -0.4 is 0 Å². The number of halogens is 4. The summed E-state index contributed by atoms with van der Waals surface area (Å²) < 4.78 is 55.3. The van der Waals surface area contributed by atoms with E-state index in [9.17, 15) is 22.4 Å². The van der Waals surface area contributed by atoms with Gasteiger partial charge in [-0.15, -0.1) is 0 Å². The zero-order valence-electron chi connectivity index (χ0n) is 11.7. The van der Waals surface area contributed by atoms with Gasteiger partial charge in [-0.3, -0.25) is 5.10 Å². The van der Waals surface area contributed by atoms with Crippen LogP contribution in [-0.2, 0) is 22.1 Å². The molecule has 1 aromatic heterocycles. The number of aromatic amines is 1. The molecule has 0 fully saturated rings. The molecule has 0 aliphatic rings. The van der Waals surface area contributed by atoms with Gasteiger partial charge in [0.05, 0.1) is 12.8 Å². The first-order chi connectivity index (χ1) is 10.9. The van der Waals surface area contributed by atoms with E-state index in [2.05, 4.69) is 5.10 Å². The Hall–Kier alpha value is -2.64. The van der Waals surface area contributed by atoms with Crippen molar-refractivity contribution >= 4 is 12.0 Å². The Kier molecular flexibility index (Phi) is 5.15. The summed E-state index contributed by atoms with van der Waals surface area (Å²) in [5, 5.41) is 5.21. The molecule has 0 unspecified atom stereocenters. The number of carbonyl (C=O) groups is 1. The molecule has 0 bridgehead atoms. The molecule has 0 radical (unpaired) electrons. The second kappa shape index (κ2) is 7.08. The summed E-state index contributed by atoms with van der Waals surface area (Å²) >= 11 is 0. The van der Waals surface area contributed by atoms with Crippen LogP contribution in [0, 0.1) is 5.82 Å². The molecule has 4 nitrogen and oxygen atoms in total. The van der Waals surface area contributed by atoms with Gasteiger partial charge in [0, 0.05) is 18.1 Å². The number of rotatable bonds is 5. The maximum atomic E-state index is 12.7. The number of benzene rings is 1. The van der Waals surface area contributed by atoms with E-state index in [1.165, 1.54) is 30.3 Å². The van der Waals surface area contributed by atoms with Crippen LogP contribution >= 0.6 is 0 Å². The highest BCUT2D eigenvalue weighted by Crippen LogP contribution is 2.30. The van der Waals surface area contributed by atoms with Crippen LogP contribution in [0.2, 0.25) is 0 Å². The highest BCUT2D eigenvalue weighted by molar-refractivity contribution is 5.87. The summed E-state index contributed by atoms with van der Waals surface area (Å²) in [6, 6.07) is 5.42. The van der Waals surface area contributed by atoms with Crippen LogP contribution in [0.4, 0.5) is 17.6 Å². The predicted octanol–water partition coefficient (Wildman–Crippen LogP) is 3.37. The SMILES string of the molecule is O=C(C=Cc1ccc(F)cc1)OCCc1cn[nH]c1C(F)(F)F. The van der Waals surface area contributed by atoms with Crippen LogP contribution in [0.3, 0.4) is 0 Å². The number of esters is 1. The quantitative estimate of drug-likeness (QED) is 0.520. The smallest absolute Gasteiger partial charge is 0.433 e. The monoisotopic (exact) mass is 328 g/mol. The van der Waals surface area contributed by atoms with E-state index in [0.717, 1.165) is 12.3 Å². The van der Waals surface area contributed by atoms with Gasteiger partial charge in [-0.1, -0.05) is 12.1 Å². The molecule has 0 saturated carbocycles. The number of hydrogen-bond donors (Lipinski definition) is 1. The van der Waals surface area contributed by atoms with Crippen molar-refractivity contribution in [2.24, 2.45) is 0 Å². The number of aromatic nitrogens is 2. The van der Waals surface area contributed by atoms with Crippen molar-refractivity contribution in [3.8, 4) is 0 Å². The molecule has 2 rings (SSSR count). The summed E-state index contributed by atoms with van der Waals surface area (Å²) in [7, 11) is 0. The fourth-order valence-corrected chi connectivity index (χ4v) is 1.79. The molecule has 1 aromatic carbocycles. The van der Waals surface area contributed by atoms with E-state index >= 15 is 0 Å². The molecule has 0 saturated heterocycles. The van der Waals surface area contributed by atoms with Crippen molar-refractivity contribution in [2.75, 3.05) is 6.61 Å². The lowest BCUT2D eigenvalue weighted by atomic mass is 10.2. The third-order valence-electron chi connectivity index (χ3n) is 2.90. The molecular weight excluding hydrogens is 316 g/mol. The molecule has 0 aliphatic heterocycles. The number of carbonyl (C=O) groups excluding carboxylic acids is 1. The first kappa shape index (κ1) is 16.7. The lowest BCUT2D eigenvalue weighted by Gasteiger charge is -2.06. The first-order valence-electron chi connectivity index (χ1n) is 6.56. The number of nitrogens with one attached hydrogen (secondary N) is 1. The van der Waals surface area contributed by atoms with E-state index in [0.29, 0.717) is 5.56 Å². The minimum Gasteiger partial charge on any atom is -0.462 e. The number of alkyl halides is 3. The van der Waals surface area contributed by atoms with Gasteiger partial charge >= 0.3 is 12.1 Å². The Labute approximate surface area is 128 Å². The molecular formula is C15H12F4N2O2. The standard InChI is InChI=1S/C15H12F4N2O2/c16-12-4-1-10(2-5-12)3-6-13(22)23-8-7-11-9-20-21-14(11)15(17,18)19/h1-6,9H,7-8H2,(H,20,21). The fraction of sp³-hybridized carbons (Fsp3) is 0.200. The molecule has 122 valence electrons. The topological polar surface area (TPSA) is 55.0 Å². The van der Waals surface area contributed by atoms with Crippen molar-refractivity contribution in [2.45, 2.75) is 12.6 Å². The molecule has 23 heavy (non-hydrogen) atoms. The maximum Gasteiger partial charge on any atom is 0.433 e. The molecule has 2 aromatic rings. The van der Waals surface area contributed by atoms with E-state index in [-0.39, 0.29) is 18.6 Å². The lowest BCUT2D eigenvalue weighted by molar-refractivity contribution is -0.141. The zero-order valence-corrected chi connectivity index (χ0v) is 11.7. The van der Waals surface area contributed by atoms with Crippen molar-refractivity contribution in [1.29, 1.82) is 0 Å². The Balaban J connectivity index is 1.83. The van der Waals surface area contributed by atoms with Crippen LogP contribution in [0.25, 0.3) is 6.08 Å². The van der Waals surface area contributed by atoms with Crippen molar-refractivity contribution in [1.82, 2.24) is 10.2 Å². The van der Waals surface area contributed by atoms with Gasteiger partial charge in [-0.2, -0.15) is 18.3 Å². The average Bonchev–Trinajstić information content (AvgIpc) is 2.95. The van der Waals surface area contributed by atoms with E-state index < -0.39 is 23.7 Å². The van der Waals surface area contributed by atoms with Gasteiger partial charge in [0.25, 0.3) is 0 Å². The van der Waals surface area contributed by atoms with Crippen LogP contribution in [0.15, 0.2) is 36.5 Å². The van der Waals surface area contributed by atoms with E-state index in [1.54, 1.807) is 0 Å². The van der Waals surface area contributed by atoms with Crippen molar-refractivity contribution < 1.29 is 27.1 Å². The highest BCUT2D eigenvalue weighted by Gasteiger charge is 2.35. The first-order valence-corrected chi connectivity index (χ1v) is 6.56. The van der Waals surface area contributed by atoms with Crippen LogP contribution in [0.5, 0.6) is 0 Å². The minimum atomic E-state index is -4.53. The lowest BCUT2D eigenvalue weighted by Crippen LogP contribution is -2.11. The number of hydrogen-bond acceptors (Lipinski definition) is 3. The Bertz CT molecular complexity index is 690. The highest BCUT2D eigenvalue weighted by atomic mass is 19.4. The largest absolute Gasteiger partial charge is 0.462 e. The summed E-state index contributed by atoms with van der Waals surface area (Å²) in [6.45, 7) is -0.213. The number of H-pyrrole nitrogens is 1. The van der Waals surface area contributed by atoms with Gasteiger partial charge < -0.3 is 4.74 Å². The van der Waals surface area contributed by atoms with Crippen molar-refractivity contribution in [3.63, 3.8) is 0 Å². The minimum absolute atomic E-state index is 0.0761. The van der Waals surface area contributed by atoms with E-state index in [1.807, 2.05) is 5.10 Å². The Morgan fingerprint density at radius 3 is 2.61 bits per heavy atom. The fourth-order valence-electron chi connectivity index (χ4n) is 1.79. The van der Waals surface area contributed by atoms with E-state index in [4.69, 9.17) is 4.74 Å². The average molecular weight is 328 g/mol. The predicted molar refractivity (Wildman–Crippen MR) is 73.7 cm³/mol. The van der Waals surface area contributed by atoms with Crippen LogP contribution in [0.1, 0.15) is 16.8 Å². The number of nitrogens with zero attached hydrogens (tertiary/aromatic N) is 1. The second-order valence-corrected chi connectivity index (χ2v) is 4.57. The van der Waals surface area contributed by atoms with Gasteiger partial charge in [-0.05, 0) is 23.8 Å². The maximum absolute atomic E-state index is 12.7. The van der Waals surface area contributed by atoms with Gasteiger partial charge in [0.2, 0.25) is 0 Å². The Morgan fingerprint density at radius 1 is 1.26 bits per heavy atom. The zero-order chi connectivity index (χ0) is 16.9. The summed E-state index contributed by atoms with van der Waals surface area (Å²) in [5.74, 6) is -1.10. The Morgan fingerprint density at radius 2 is 1.96 bits per heavy atom. The normalized spacial score (nSPS) is 11.8. The summed E-state index contributed by atoms with van der Waals surface area (Å²) in [6.07, 6.45) is -1.06. The van der Waals surface area contributed by atoms with Crippen LogP contribution in [-0.4, -0.2) is 22.8 Å². The summed E-state index contributed by atoms with van der Waals surface area (Å²) in [4.78, 5) is 11.5. The summed E-state index contributed by atoms with van der Waals surface area (Å²) in [5.41, 5.74) is -0.430. The molecule has 1 N–H and O–H groups in total. The van der Waals surface area contributed by atoms with Crippen molar-refractivity contribution in [3.05, 3.63) is 59.2 Å². The second-order valence-electron chi connectivity index (χ2n) is 4.57. The molecule has 0 spiro atoms. The molecule has 0 atom stereocenters. The third-order valence-corrected chi connectivity index (χ3v) is 2.90. The molecule has 1 heterocycles. The number of ether oxygens (including phenoxy) is 1. The van der Waals surface area contributed by atoms with Gasteiger partial charge in [0.15, 0.2) is 0 Å². The third kappa shape index (κ3) is 4.94. The van der Waals surface area contributed by atoms with Gasteiger partial charge in [0.1, 0.15) is 11.5 Å².